The standard InChI is InChI=1S/C28H24N6O5/c1-33-12-16(25-21(6-8-30-27(25)33)34-13-19-15-37-24(14-34)38-19)9-23-26(35)20-10-17(4-5-22(20)39-23)31-28(36)32-18-3-2-7-29-11-18/h2-12,19,24H,13-15H2,1H3,(H2,31,32,36)/b23-9-. The van der Waals surface area contributed by atoms with E-state index in [1.165, 1.54) is 0 Å². The summed E-state index contributed by atoms with van der Waals surface area (Å²) in [7, 11) is 1.92. The maximum Gasteiger partial charge on any atom is 0.323 e. The van der Waals surface area contributed by atoms with Crippen molar-refractivity contribution < 1.29 is 23.8 Å². The molecule has 2 N–H and O–H groups in total. The molecule has 0 spiro atoms. The Balaban J connectivity index is 1.16. The van der Waals surface area contributed by atoms with Gasteiger partial charge < -0.3 is 34.3 Å². The van der Waals surface area contributed by atoms with Gasteiger partial charge in [0.25, 0.3) is 0 Å². The summed E-state index contributed by atoms with van der Waals surface area (Å²) in [5.74, 6) is 0.376. The first-order valence-electron chi connectivity index (χ1n) is 12.5. The number of amides is 2. The number of ketones is 1. The van der Waals surface area contributed by atoms with E-state index in [2.05, 4.69) is 25.5 Å². The Morgan fingerprint density at radius 3 is 2.87 bits per heavy atom. The minimum absolute atomic E-state index is 0.0287. The van der Waals surface area contributed by atoms with Crippen LogP contribution < -0.4 is 20.3 Å². The summed E-state index contributed by atoms with van der Waals surface area (Å²) in [5, 5.41) is 6.38. The molecule has 2 bridgehead atoms. The third-order valence-electron chi connectivity index (χ3n) is 6.94. The van der Waals surface area contributed by atoms with Crippen LogP contribution >= 0.6 is 0 Å². The van der Waals surface area contributed by atoms with E-state index < -0.39 is 6.03 Å². The number of carbonyl (C=O) groups is 2. The monoisotopic (exact) mass is 524 g/mol. The summed E-state index contributed by atoms with van der Waals surface area (Å²) >= 11 is 0. The second-order valence-electron chi connectivity index (χ2n) is 9.62. The third kappa shape index (κ3) is 4.27. The lowest BCUT2D eigenvalue weighted by molar-refractivity contribution is -0.0624. The van der Waals surface area contributed by atoms with Crippen molar-refractivity contribution in [1.82, 2.24) is 14.5 Å². The smallest absolute Gasteiger partial charge is 0.323 e. The van der Waals surface area contributed by atoms with E-state index in [4.69, 9.17) is 14.2 Å². The third-order valence-corrected chi connectivity index (χ3v) is 6.94. The van der Waals surface area contributed by atoms with Crippen LogP contribution in [0.1, 0.15) is 15.9 Å². The number of rotatable bonds is 4. The van der Waals surface area contributed by atoms with Crippen LogP contribution in [0.4, 0.5) is 21.9 Å². The molecular formula is C28H24N6O5. The Morgan fingerprint density at radius 2 is 2.03 bits per heavy atom. The highest BCUT2D eigenvalue weighted by Crippen LogP contribution is 2.37. The van der Waals surface area contributed by atoms with Crippen LogP contribution in [0.5, 0.6) is 5.75 Å². The van der Waals surface area contributed by atoms with Crippen LogP contribution in [0.2, 0.25) is 0 Å². The second-order valence-corrected chi connectivity index (χ2v) is 9.62. The average molecular weight is 525 g/mol. The summed E-state index contributed by atoms with van der Waals surface area (Å²) in [5.41, 5.74) is 4.02. The first-order chi connectivity index (χ1) is 19.0. The lowest BCUT2D eigenvalue weighted by atomic mass is 10.1. The van der Waals surface area contributed by atoms with Crippen molar-refractivity contribution in [1.29, 1.82) is 0 Å². The van der Waals surface area contributed by atoms with E-state index in [0.717, 1.165) is 22.3 Å². The van der Waals surface area contributed by atoms with E-state index in [0.29, 0.717) is 42.4 Å². The van der Waals surface area contributed by atoms with E-state index >= 15 is 0 Å². The van der Waals surface area contributed by atoms with E-state index in [1.54, 1.807) is 55.0 Å². The molecular weight excluding hydrogens is 500 g/mol. The molecule has 3 aromatic heterocycles. The number of ether oxygens (including phenoxy) is 3. The normalized spacial score (nSPS) is 20.8. The molecule has 0 saturated carbocycles. The Bertz CT molecular complexity index is 1640. The number of nitrogens with one attached hydrogen (secondary N) is 2. The predicted molar refractivity (Wildman–Crippen MR) is 144 cm³/mol. The van der Waals surface area contributed by atoms with Crippen LogP contribution in [0.3, 0.4) is 0 Å². The summed E-state index contributed by atoms with van der Waals surface area (Å²) in [4.78, 5) is 36.6. The molecule has 6 heterocycles. The molecule has 196 valence electrons. The van der Waals surface area contributed by atoms with Gasteiger partial charge in [-0.3, -0.25) is 9.78 Å². The van der Waals surface area contributed by atoms with Gasteiger partial charge in [-0.25, -0.2) is 9.78 Å². The van der Waals surface area contributed by atoms with Crippen LogP contribution in [0, 0.1) is 0 Å². The van der Waals surface area contributed by atoms with Crippen LogP contribution in [0.25, 0.3) is 17.1 Å². The number of allylic oxidation sites excluding steroid dienone is 1. The van der Waals surface area contributed by atoms with Crippen molar-refractivity contribution in [2.45, 2.75) is 12.4 Å². The minimum atomic E-state index is -0.442. The second kappa shape index (κ2) is 9.22. The maximum absolute atomic E-state index is 13.4. The number of anilines is 3. The van der Waals surface area contributed by atoms with Crippen molar-refractivity contribution in [2.24, 2.45) is 7.05 Å². The molecule has 7 rings (SSSR count). The molecule has 11 heteroatoms. The molecule has 3 aliphatic heterocycles. The zero-order chi connectivity index (χ0) is 26.5. The highest BCUT2D eigenvalue weighted by molar-refractivity contribution is 6.16. The van der Waals surface area contributed by atoms with Crippen molar-refractivity contribution in [3.63, 3.8) is 0 Å². The number of morpholine rings is 1. The van der Waals surface area contributed by atoms with Crippen molar-refractivity contribution in [3.8, 4) is 5.75 Å². The number of hydrogen-bond donors (Lipinski definition) is 2. The SMILES string of the molecule is Cn1cc(/C=C2\Oc3ccc(NC(=O)Nc4cccnc4)cc3C2=O)c2c(N3CC4COC(C3)O4)ccnc21. The molecule has 4 aromatic rings. The van der Waals surface area contributed by atoms with E-state index in [9.17, 15) is 9.59 Å². The summed E-state index contributed by atoms with van der Waals surface area (Å²) in [6.07, 6.45) is 8.43. The molecule has 11 nitrogen and oxygen atoms in total. The van der Waals surface area contributed by atoms with Crippen LogP contribution in [-0.2, 0) is 16.5 Å². The first kappa shape index (κ1) is 23.4. The summed E-state index contributed by atoms with van der Waals surface area (Å²) < 4.78 is 19.4. The fraction of sp³-hybridized carbons (Fsp3) is 0.214. The van der Waals surface area contributed by atoms with Gasteiger partial charge in [0.1, 0.15) is 17.5 Å². The number of urea groups is 1. The van der Waals surface area contributed by atoms with Gasteiger partial charge in [0.15, 0.2) is 12.0 Å². The molecule has 2 unspecified atom stereocenters. The fourth-order valence-corrected chi connectivity index (χ4v) is 5.23. The molecule has 0 aliphatic carbocycles. The van der Waals surface area contributed by atoms with Crippen LogP contribution in [-0.4, -0.2) is 58.4 Å². The van der Waals surface area contributed by atoms with Crippen molar-refractivity contribution >= 4 is 46.0 Å². The molecule has 0 radical (unpaired) electrons. The zero-order valence-corrected chi connectivity index (χ0v) is 21.0. The number of hydrogen-bond acceptors (Lipinski definition) is 8. The number of Topliss-reactive ketones (excluding diaryl/α,β-unsaturated/α-hetero) is 1. The highest BCUT2D eigenvalue weighted by Gasteiger charge is 2.36. The Morgan fingerprint density at radius 1 is 1.13 bits per heavy atom. The largest absolute Gasteiger partial charge is 0.452 e. The number of nitrogens with zero attached hydrogens (tertiary/aromatic N) is 4. The van der Waals surface area contributed by atoms with Gasteiger partial charge >= 0.3 is 6.03 Å². The van der Waals surface area contributed by atoms with Gasteiger partial charge in [-0.15, -0.1) is 0 Å². The molecule has 1 aromatic carbocycles. The van der Waals surface area contributed by atoms with Gasteiger partial charge in [0.05, 0.1) is 36.3 Å². The number of fused-ring (bicyclic) bond motifs is 4. The fourth-order valence-electron chi connectivity index (χ4n) is 5.23. The lowest BCUT2D eigenvalue weighted by Crippen LogP contribution is -2.43. The van der Waals surface area contributed by atoms with Gasteiger partial charge in [-0.1, -0.05) is 0 Å². The molecule has 2 atom stereocenters. The highest BCUT2D eigenvalue weighted by atomic mass is 16.7. The number of benzene rings is 1. The predicted octanol–water partition coefficient (Wildman–Crippen LogP) is 3.79. The number of aryl methyl sites for hydroxylation is 1. The first-order valence-corrected chi connectivity index (χ1v) is 12.5. The van der Waals surface area contributed by atoms with Crippen LogP contribution in [0.15, 0.2) is 66.9 Å². The Hall–Kier alpha value is -4.74. The molecule has 2 fully saturated rings. The molecule has 2 amide bonds. The summed E-state index contributed by atoms with van der Waals surface area (Å²) in [6, 6.07) is 9.97. The van der Waals surface area contributed by atoms with Gasteiger partial charge in [-0.2, -0.15) is 0 Å². The zero-order valence-electron chi connectivity index (χ0n) is 21.0. The topological polar surface area (TPSA) is 120 Å². The number of pyridine rings is 2. The van der Waals surface area contributed by atoms with Crippen molar-refractivity contribution in [3.05, 3.63) is 78.1 Å². The van der Waals surface area contributed by atoms with E-state index in [1.807, 2.05) is 23.9 Å². The molecule has 3 aliphatic rings. The van der Waals surface area contributed by atoms with Gasteiger partial charge in [0.2, 0.25) is 5.78 Å². The minimum Gasteiger partial charge on any atom is -0.452 e. The van der Waals surface area contributed by atoms with Gasteiger partial charge in [0, 0.05) is 48.8 Å². The Kier molecular flexibility index (Phi) is 5.53. The van der Waals surface area contributed by atoms with Crippen molar-refractivity contribution in [2.75, 3.05) is 35.2 Å². The average Bonchev–Trinajstić information content (AvgIpc) is 3.56. The maximum atomic E-state index is 13.4. The Labute approximate surface area is 223 Å². The van der Waals surface area contributed by atoms with E-state index in [-0.39, 0.29) is 23.9 Å². The number of carbonyl (C=O) groups excluding carboxylic acids is 2. The molecule has 39 heavy (non-hydrogen) atoms. The lowest BCUT2D eigenvalue weighted by Gasteiger charge is -2.32. The van der Waals surface area contributed by atoms with Gasteiger partial charge in [-0.05, 0) is 42.5 Å². The number of aromatic nitrogens is 3. The molecule has 2 saturated heterocycles. The summed E-state index contributed by atoms with van der Waals surface area (Å²) in [6.45, 7) is 1.92. The quantitative estimate of drug-likeness (QED) is 0.387.